The lowest BCUT2D eigenvalue weighted by Crippen LogP contribution is -2.11. The van der Waals surface area contributed by atoms with Crippen molar-refractivity contribution in [3.8, 4) is 0 Å². The van der Waals surface area contributed by atoms with Gasteiger partial charge >= 0.3 is 0 Å². The van der Waals surface area contributed by atoms with Crippen molar-refractivity contribution in [1.29, 1.82) is 0 Å². The Hall–Kier alpha value is -1.94. The molecule has 0 fully saturated rings. The van der Waals surface area contributed by atoms with Crippen LogP contribution in [-0.2, 0) is 11.4 Å². The molecule has 0 aromatic heterocycles. The fourth-order valence-electron chi connectivity index (χ4n) is 1.34. The molecule has 0 aliphatic carbocycles. The number of oxime groups is 1. The van der Waals surface area contributed by atoms with Crippen molar-refractivity contribution in [2.45, 2.75) is 6.61 Å². The van der Waals surface area contributed by atoms with E-state index in [4.69, 9.17) is 10.6 Å². The Balaban J connectivity index is 1.91. The molecule has 1 aromatic rings. The molecule has 0 amide bonds. The molecule has 16 heavy (non-hydrogen) atoms. The summed E-state index contributed by atoms with van der Waals surface area (Å²) < 4.78 is 0. The molecule has 4 nitrogen and oxygen atoms in total. The smallest absolute Gasteiger partial charge is 0.142 e. The summed E-state index contributed by atoms with van der Waals surface area (Å²) in [5, 5.41) is 3.99. The van der Waals surface area contributed by atoms with Crippen LogP contribution in [0.5, 0.6) is 0 Å². The number of hydrogen-bond acceptors (Lipinski definition) is 4. The molecule has 4 heteroatoms. The lowest BCUT2D eigenvalue weighted by atomic mass is 10.2. The second-order valence-electron chi connectivity index (χ2n) is 3.37. The van der Waals surface area contributed by atoms with Crippen LogP contribution in [0.1, 0.15) is 5.56 Å². The Kier molecular flexibility index (Phi) is 3.46. The van der Waals surface area contributed by atoms with Gasteiger partial charge in [-0.15, -0.1) is 0 Å². The Morgan fingerprint density at radius 3 is 2.81 bits per heavy atom. The summed E-state index contributed by atoms with van der Waals surface area (Å²) in [6, 6.07) is 9.88. The number of aliphatic imine (C=N–C) groups is 1. The standard InChI is InChI=1S/C12H13N3O/c13-6-11-7-14-8-12(11)15-16-9-10-4-2-1-3-5-10/h1-5,7-8H,6,9,13H2. The molecule has 1 aliphatic heterocycles. The van der Waals surface area contributed by atoms with Crippen molar-refractivity contribution in [3.63, 3.8) is 0 Å². The second-order valence-corrected chi connectivity index (χ2v) is 3.37. The Bertz CT molecular complexity index is 435. The molecule has 0 radical (unpaired) electrons. The van der Waals surface area contributed by atoms with Gasteiger partial charge in [-0.05, 0) is 5.56 Å². The van der Waals surface area contributed by atoms with Crippen LogP contribution in [0, 0.1) is 0 Å². The molecule has 0 bridgehead atoms. The van der Waals surface area contributed by atoms with Gasteiger partial charge < -0.3 is 10.6 Å². The van der Waals surface area contributed by atoms with Gasteiger partial charge in [-0.25, -0.2) is 0 Å². The molecule has 2 rings (SSSR count). The summed E-state index contributed by atoms with van der Waals surface area (Å²) in [5.74, 6) is 0. The predicted molar refractivity (Wildman–Crippen MR) is 64.3 cm³/mol. The third kappa shape index (κ3) is 2.55. The highest BCUT2D eigenvalue weighted by atomic mass is 16.6. The van der Waals surface area contributed by atoms with E-state index in [9.17, 15) is 0 Å². The van der Waals surface area contributed by atoms with Crippen LogP contribution in [-0.4, -0.2) is 18.5 Å². The van der Waals surface area contributed by atoms with Crippen LogP contribution in [0.3, 0.4) is 0 Å². The van der Waals surface area contributed by atoms with Crippen LogP contribution in [0.25, 0.3) is 0 Å². The van der Waals surface area contributed by atoms with Crippen LogP contribution in [0.2, 0.25) is 0 Å². The first-order chi connectivity index (χ1) is 7.90. The second kappa shape index (κ2) is 5.23. The fourth-order valence-corrected chi connectivity index (χ4v) is 1.34. The van der Waals surface area contributed by atoms with Gasteiger partial charge in [-0.2, -0.15) is 0 Å². The quantitative estimate of drug-likeness (QED) is 0.773. The summed E-state index contributed by atoms with van der Waals surface area (Å²) in [4.78, 5) is 9.20. The maximum absolute atomic E-state index is 5.52. The van der Waals surface area contributed by atoms with Gasteiger partial charge in [0.15, 0.2) is 0 Å². The summed E-state index contributed by atoms with van der Waals surface area (Å²) >= 11 is 0. The minimum absolute atomic E-state index is 0.424. The van der Waals surface area contributed by atoms with Crippen molar-refractivity contribution in [1.82, 2.24) is 0 Å². The number of hydrogen-bond donors (Lipinski definition) is 1. The third-order valence-electron chi connectivity index (χ3n) is 2.21. The maximum Gasteiger partial charge on any atom is 0.142 e. The normalized spacial score (nSPS) is 16.6. The highest BCUT2D eigenvalue weighted by molar-refractivity contribution is 6.39. The van der Waals surface area contributed by atoms with Gasteiger partial charge in [-0.3, -0.25) is 4.99 Å². The van der Waals surface area contributed by atoms with Crippen molar-refractivity contribution >= 4 is 11.9 Å². The molecular weight excluding hydrogens is 202 g/mol. The number of rotatable bonds is 4. The first-order valence-electron chi connectivity index (χ1n) is 5.06. The third-order valence-corrected chi connectivity index (χ3v) is 2.21. The number of nitrogens with two attached hydrogens (primary N) is 1. The Labute approximate surface area is 94.1 Å². The van der Waals surface area contributed by atoms with Gasteiger partial charge in [0.25, 0.3) is 0 Å². The molecule has 0 unspecified atom stereocenters. The van der Waals surface area contributed by atoms with E-state index in [-0.39, 0.29) is 0 Å². The molecule has 1 heterocycles. The molecule has 1 aromatic carbocycles. The van der Waals surface area contributed by atoms with Gasteiger partial charge in [0.1, 0.15) is 12.3 Å². The fraction of sp³-hybridized carbons (Fsp3) is 0.167. The molecule has 0 saturated carbocycles. The lowest BCUT2D eigenvalue weighted by Gasteiger charge is -2.01. The zero-order valence-electron chi connectivity index (χ0n) is 8.84. The van der Waals surface area contributed by atoms with E-state index in [1.54, 1.807) is 12.4 Å². The Morgan fingerprint density at radius 2 is 2.06 bits per heavy atom. The highest BCUT2D eigenvalue weighted by Gasteiger charge is 2.07. The van der Waals surface area contributed by atoms with E-state index in [0.717, 1.165) is 11.1 Å². The number of benzene rings is 1. The van der Waals surface area contributed by atoms with Gasteiger partial charge in [0.2, 0.25) is 0 Å². The van der Waals surface area contributed by atoms with Crippen LogP contribution >= 0.6 is 0 Å². The van der Waals surface area contributed by atoms with Gasteiger partial charge in [0, 0.05) is 18.3 Å². The first kappa shape index (κ1) is 10.6. The van der Waals surface area contributed by atoms with Crippen molar-refractivity contribution in [3.05, 3.63) is 47.7 Å². The molecule has 2 N–H and O–H groups in total. The molecule has 82 valence electrons. The van der Waals surface area contributed by atoms with Crippen LogP contribution < -0.4 is 5.73 Å². The number of nitrogens with zero attached hydrogens (tertiary/aromatic N) is 2. The van der Waals surface area contributed by atoms with Crippen LogP contribution in [0.4, 0.5) is 0 Å². The van der Waals surface area contributed by atoms with E-state index in [1.807, 2.05) is 30.3 Å². The molecule has 1 aliphatic rings. The SMILES string of the molecule is NCC1=CN=CC1=NOCc1ccccc1. The largest absolute Gasteiger partial charge is 0.390 e. The summed E-state index contributed by atoms with van der Waals surface area (Å²) in [6.07, 6.45) is 3.35. The van der Waals surface area contributed by atoms with Gasteiger partial charge in [-0.1, -0.05) is 35.5 Å². The van der Waals surface area contributed by atoms with E-state index < -0.39 is 0 Å². The van der Waals surface area contributed by atoms with Gasteiger partial charge in [0.05, 0.1) is 6.21 Å². The zero-order chi connectivity index (χ0) is 11.2. The van der Waals surface area contributed by atoms with E-state index in [2.05, 4.69) is 10.1 Å². The summed E-state index contributed by atoms with van der Waals surface area (Å²) in [7, 11) is 0. The molecule has 0 saturated heterocycles. The van der Waals surface area contributed by atoms with Crippen molar-refractivity contribution in [2.24, 2.45) is 15.9 Å². The monoisotopic (exact) mass is 215 g/mol. The zero-order valence-corrected chi connectivity index (χ0v) is 8.84. The summed E-state index contributed by atoms with van der Waals surface area (Å²) in [6.45, 7) is 0.879. The predicted octanol–water partition coefficient (Wildman–Crippen LogP) is 1.49. The molecule has 0 atom stereocenters. The first-order valence-corrected chi connectivity index (χ1v) is 5.06. The maximum atomic E-state index is 5.52. The van der Waals surface area contributed by atoms with E-state index in [0.29, 0.717) is 18.9 Å². The van der Waals surface area contributed by atoms with E-state index in [1.165, 1.54) is 0 Å². The highest BCUT2D eigenvalue weighted by Crippen LogP contribution is 2.05. The molecule has 0 spiro atoms. The van der Waals surface area contributed by atoms with E-state index >= 15 is 0 Å². The molecular formula is C12H13N3O. The summed E-state index contributed by atoms with van der Waals surface area (Å²) in [5.41, 5.74) is 8.21. The average molecular weight is 215 g/mol. The topological polar surface area (TPSA) is 60.0 Å². The lowest BCUT2D eigenvalue weighted by molar-refractivity contribution is 0.131. The van der Waals surface area contributed by atoms with Crippen LogP contribution in [0.15, 0.2) is 52.3 Å². The minimum atomic E-state index is 0.424. The van der Waals surface area contributed by atoms with Crippen molar-refractivity contribution < 1.29 is 4.84 Å². The average Bonchev–Trinajstić information content (AvgIpc) is 2.78. The minimum Gasteiger partial charge on any atom is -0.390 e. The Morgan fingerprint density at radius 1 is 1.25 bits per heavy atom. The van der Waals surface area contributed by atoms with Crippen molar-refractivity contribution in [2.75, 3.05) is 6.54 Å².